The summed E-state index contributed by atoms with van der Waals surface area (Å²) in [5.41, 5.74) is 1.00. The van der Waals surface area contributed by atoms with Gasteiger partial charge in [-0.05, 0) is 49.5 Å². The molecule has 1 saturated heterocycles. The fraction of sp³-hybridized carbons (Fsp3) is 0.444. The van der Waals surface area contributed by atoms with Crippen molar-refractivity contribution in [3.8, 4) is 0 Å². The fourth-order valence-electron chi connectivity index (χ4n) is 3.93. The second-order valence-corrected chi connectivity index (χ2v) is 7.62. The Labute approximate surface area is 148 Å². The lowest BCUT2D eigenvalue weighted by atomic mass is 9.81. The number of benzene rings is 1. The van der Waals surface area contributed by atoms with Crippen molar-refractivity contribution in [2.45, 2.75) is 38.5 Å². The topological polar surface area (TPSA) is 87.6 Å². The Kier molecular flexibility index (Phi) is 3.83. The number of imide groups is 1. The van der Waals surface area contributed by atoms with Gasteiger partial charge in [-0.1, -0.05) is 12.8 Å². The zero-order valence-corrected chi connectivity index (χ0v) is 14.6. The number of amides is 2. The molecular weight excluding hydrogens is 340 g/mol. The molecule has 7 heteroatoms. The number of anilines is 1. The van der Waals surface area contributed by atoms with Gasteiger partial charge < -0.3 is 5.11 Å². The van der Waals surface area contributed by atoms with Crippen LogP contribution in [0.3, 0.4) is 0 Å². The lowest BCUT2D eigenvalue weighted by molar-refractivity contribution is -0.138. The van der Waals surface area contributed by atoms with Crippen LogP contribution in [-0.2, 0) is 14.4 Å². The third-order valence-electron chi connectivity index (χ3n) is 5.36. The lowest BCUT2D eigenvalue weighted by Crippen LogP contribution is -2.30. The van der Waals surface area contributed by atoms with E-state index < -0.39 is 11.9 Å². The molecule has 1 N–H and O–H groups in total. The molecule has 2 aromatic rings. The fourth-order valence-corrected chi connectivity index (χ4v) is 4.77. The highest BCUT2D eigenvalue weighted by atomic mass is 32.1. The van der Waals surface area contributed by atoms with Crippen LogP contribution in [0.1, 0.15) is 44.2 Å². The SMILES string of the molecule is CC(C(=O)O)c1nsc2ccc(N3C(=O)C4CCCCC4C3=O)cc12. The van der Waals surface area contributed by atoms with Crippen LogP contribution in [0, 0.1) is 11.8 Å². The molecule has 1 aromatic carbocycles. The maximum absolute atomic E-state index is 12.7. The molecule has 1 aromatic heterocycles. The van der Waals surface area contributed by atoms with E-state index in [1.807, 2.05) is 6.07 Å². The molecule has 2 fully saturated rings. The van der Waals surface area contributed by atoms with Crippen molar-refractivity contribution in [2.24, 2.45) is 11.8 Å². The number of carboxylic acid groups (broad SMARTS) is 1. The number of carboxylic acids is 1. The molecule has 2 amide bonds. The largest absolute Gasteiger partial charge is 0.481 e. The molecule has 0 bridgehead atoms. The summed E-state index contributed by atoms with van der Waals surface area (Å²) in [7, 11) is 0. The summed E-state index contributed by atoms with van der Waals surface area (Å²) in [6.07, 6.45) is 3.52. The first kappa shape index (κ1) is 16.2. The third kappa shape index (κ3) is 2.45. The summed E-state index contributed by atoms with van der Waals surface area (Å²) in [5, 5.41) is 9.97. The Hall–Kier alpha value is -2.28. The Morgan fingerprint density at radius 1 is 1.24 bits per heavy atom. The first-order chi connectivity index (χ1) is 12.0. The van der Waals surface area contributed by atoms with Gasteiger partial charge in [0.2, 0.25) is 11.8 Å². The molecule has 0 spiro atoms. The van der Waals surface area contributed by atoms with E-state index in [1.165, 1.54) is 16.4 Å². The number of hydrogen-bond donors (Lipinski definition) is 1. The predicted octanol–water partition coefficient (Wildman–Crippen LogP) is 3.16. The van der Waals surface area contributed by atoms with Crippen LogP contribution < -0.4 is 4.90 Å². The molecule has 0 radical (unpaired) electrons. The Morgan fingerprint density at radius 3 is 2.48 bits per heavy atom. The van der Waals surface area contributed by atoms with Crippen molar-refractivity contribution < 1.29 is 19.5 Å². The molecule has 130 valence electrons. The standard InChI is InChI=1S/C18H18N2O4S/c1-9(18(23)24)15-13-8-10(6-7-14(13)25-19-15)20-16(21)11-4-2-3-5-12(11)17(20)22/h6-9,11-12H,2-5H2,1H3,(H,23,24). The highest BCUT2D eigenvalue weighted by Gasteiger charge is 2.48. The minimum Gasteiger partial charge on any atom is -0.481 e. The molecule has 6 nitrogen and oxygen atoms in total. The molecular formula is C18H18N2O4S. The van der Waals surface area contributed by atoms with Crippen LogP contribution >= 0.6 is 11.5 Å². The van der Waals surface area contributed by atoms with Gasteiger partial charge in [0, 0.05) is 5.39 Å². The van der Waals surface area contributed by atoms with Gasteiger partial charge in [-0.2, -0.15) is 4.37 Å². The van der Waals surface area contributed by atoms with Crippen molar-refractivity contribution in [3.63, 3.8) is 0 Å². The van der Waals surface area contributed by atoms with E-state index in [0.717, 1.165) is 30.4 Å². The van der Waals surface area contributed by atoms with Crippen LogP contribution in [-0.4, -0.2) is 27.3 Å². The summed E-state index contributed by atoms with van der Waals surface area (Å²) < 4.78 is 5.12. The summed E-state index contributed by atoms with van der Waals surface area (Å²) >= 11 is 1.23. The maximum Gasteiger partial charge on any atom is 0.312 e. The number of carbonyl (C=O) groups is 3. The van der Waals surface area contributed by atoms with Crippen LogP contribution in [0.5, 0.6) is 0 Å². The molecule has 1 saturated carbocycles. The second-order valence-electron chi connectivity index (χ2n) is 6.82. The zero-order valence-electron chi connectivity index (χ0n) is 13.8. The van der Waals surface area contributed by atoms with E-state index >= 15 is 0 Å². The molecule has 2 heterocycles. The smallest absolute Gasteiger partial charge is 0.312 e. The number of nitrogens with zero attached hydrogens (tertiary/aromatic N) is 2. The van der Waals surface area contributed by atoms with Gasteiger partial charge >= 0.3 is 5.97 Å². The van der Waals surface area contributed by atoms with Crippen molar-refractivity contribution in [3.05, 3.63) is 23.9 Å². The minimum atomic E-state index is -0.947. The number of aliphatic carboxylic acids is 1. The molecule has 1 aliphatic heterocycles. The molecule has 4 rings (SSSR count). The van der Waals surface area contributed by atoms with Crippen LogP contribution in [0.4, 0.5) is 5.69 Å². The number of rotatable bonds is 3. The van der Waals surface area contributed by atoms with Crippen LogP contribution in [0.25, 0.3) is 10.1 Å². The van der Waals surface area contributed by atoms with Crippen molar-refractivity contribution in [1.29, 1.82) is 0 Å². The zero-order chi connectivity index (χ0) is 17.7. The van der Waals surface area contributed by atoms with E-state index in [4.69, 9.17) is 0 Å². The Bertz CT molecular complexity index is 866. The van der Waals surface area contributed by atoms with Gasteiger partial charge in [-0.15, -0.1) is 0 Å². The van der Waals surface area contributed by atoms with Gasteiger partial charge in [0.15, 0.2) is 0 Å². The molecule has 3 atom stereocenters. The average molecular weight is 358 g/mol. The van der Waals surface area contributed by atoms with E-state index in [0.29, 0.717) is 16.8 Å². The maximum atomic E-state index is 12.7. The summed E-state index contributed by atoms with van der Waals surface area (Å²) in [5.74, 6) is -2.33. The van der Waals surface area contributed by atoms with Gasteiger partial charge in [0.05, 0.1) is 33.8 Å². The molecule has 3 unspecified atom stereocenters. The van der Waals surface area contributed by atoms with E-state index in [9.17, 15) is 19.5 Å². The highest BCUT2D eigenvalue weighted by Crippen LogP contribution is 2.41. The predicted molar refractivity (Wildman–Crippen MR) is 93.6 cm³/mol. The molecule has 2 aliphatic rings. The van der Waals surface area contributed by atoms with Crippen molar-refractivity contribution in [2.75, 3.05) is 4.90 Å². The highest BCUT2D eigenvalue weighted by molar-refractivity contribution is 7.13. The lowest BCUT2D eigenvalue weighted by Gasteiger charge is -2.19. The third-order valence-corrected chi connectivity index (χ3v) is 6.20. The summed E-state index contributed by atoms with van der Waals surface area (Å²) in [4.78, 5) is 38.1. The van der Waals surface area contributed by atoms with Gasteiger partial charge in [-0.3, -0.25) is 19.3 Å². The van der Waals surface area contributed by atoms with Crippen molar-refractivity contribution in [1.82, 2.24) is 4.37 Å². The van der Waals surface area contributed by atoms with Gasteiger partial charge in [-0.25, -0.2) is 0 Å². The second kappa shape index (κ2) is 5.91. The monoisotopic (exact) mass is 358 g/mol. The van der Waals surface area contributed by atoms with Crippen LogP contribution in [0.2, 0.25) is 0 Å². The number of carbonyl (C=O) groups excluding carboxylic acids is 2. The number of hydrogen-bond acceptors (Lipinski definition) is 5. The van der Waals surface area contributed by atoms with E-state index in [-0.39, 0.29) is 23.7 Å². The Morgan fingerprint density at radius 2 is 1.88 bits per heavy atom. The normalized spacial score (nSPS) is 24.6. The molecule has 25 heavy (non-hydrogen) atoms. The first-order valence-electron chi connectivity index (χ1n) is 8.49. The number of aromatic nitrogens is 1. The van der Waals surface area contributed by atoms with Gasteiger partial charge in [0.1, 0.15) is 0 Å². The van der Waals surface area contributed by atoms with Gasteiger partial charge in [0.25, 0.3) is 0 Å². The van der Waals surface area contributed by atoms with E-state index in [2.05, 4.69) is 4.37 Å². The first-order valence-corrected chi connectivity index (χ1v) is 9.26. The summed E-state index contributed by atoms with van der Waals surface area (Å²) in [6, 6.07) is 5.30. The average Bonchev–Trinajstić information content (AvgIpc) is 3.14. The van der Waals surface area contributed by atoms with Crippen LogP contribution in [0.15, 0.2) is 18.2 Å². The van der Waals surface area contributed by atoms with E-state index in [1.54, 1.807) is 19.1 Å². The summed E-state index contributed by atoms with van der Waals surface area (Å²) in [6.45, 7) is 1.59. The van der Waals surface area contributed by atoms with Crippen molar-refractivity contribution >= 4 is 45.1 Å². The Balaban J connectivity index is 1.77. The number of fused-ring (bicyclic) bond motifs is 2. The minimum absolute atomic E-state index is 0.120. The quantitative estimate of drug-likeness (QED) is 0.852. The molecule has 1 aliphatic carbocycles.